The van der Waals surface area contributed by atoms with E-state index in [1.54, 1.807) is 45.8 Å². The molecule has 0 unspecified atom stereocenters. The fourth-order valence-electron chi connectivity index (χ4n) is 3.27. The van der Waals surface area contributed by atoms with E-state index in [4.69, 9.17) is 18.9 Å². The van der Waals surface area contributed by atoms with Crippen molar-refractivity contribution in [2.75, 3.05) is 5.75 Å². The molecule has 10 heteroatoms. The van der Waals surface area contributed by atoms with Crippen LogP contribution in [0.1, 0.15) is 6.42 Å². The van der Waals surface area contributed by atoms with Crippen molar-refractivity contribution in [2.24, 2.45) is 0 Å². The summed E-state index contributed by atoms with van der Waals surface area (Å²) in [7, 11) is 0. The first-order valence-corrected chi connectivity index (χ1v) is 16.1. The summed E-state index contributed by atoms with van der Waals surface area (Å²) in [6, 6.07) is 11.8. The third-order valence-electron chi connectivity index (χ3n) is 4.79. The Labute approximate surface area is 233 Å². The summed E-state index contributed by atoms with van der Waals surface area (Å²) >= 11 is 9.35. The summed E-state index contributed by atoms with van der Waals surface area (Å²) in [5.74, 6) is 1.05. The second-order valence-electron chi connectivity index (χ2n) is 7.33. The maximum Gasteiger partial charge on any atom is 0.181 e. The lowest BCUT2D eigenvalue weighted by Crippen LogP contribution is -2.04. The molecule has 0 amide bonds. The number of hydrogen-bond donors (Lipinski definition) is 0. The molecule has 0 spiro atoms. The summed E-state index contributed by atoms with van der Waals surface area (Å²) in [4.78, 5) is 0. The van der Waals surface area contributed by atoms with Gasteiger partial charge in [-0.3, -0.25) is 0 Å². The lowest BCUT2D eigenvalue weighted by molar-refractivity contribution is 0.372. The predicted molar refractivity (Wildman–Crippen MR) is 156 cm³/mol. The van der Waals surface area contributed by atoms with Gasteiger partial charge in [0.25, 0.3) is 0 Å². The van der Waals surface area contributed by atoms with Crippen LogP contribution in [0.25, 0.3) is 0 Å². The van der Waals surface area contributed by atoms with Crippen molar-refractivity contribution in [3.8, 4) is 15.2 Å². The van der Waals surface area contributed by atoms with Crippen molar-refractivity contribution in [2.45, 2.75) is 6.42 Å². The van der Waals surface area contributed by atoms with Crippen LogP contribution >= 0.6 is 69.3 Å². The van der Waals surface area contributed by atoms with Gasteiger partial charge in [-0.15, -0.1) is 34.0 Å². The smallest absolute Gasteiger partial charge is 0.181 e. The average Bonchev–Trinajstić information content (AvgIpc) is 3.68. The van der Waals surface area contributed by atoms with Gasteiger partial charge in [-0.2, -0.15) is 0 Å². The van der Waals surface area contributed by atoms with Crippen molar-refractivity contribution in [3.63, 3.8) is 0 Å². The molecular weight excluding hydrogens is 569 g/mol. The molecule has 0 N–H and O–H groups in total. The van der Waals surface area contributed by atoms with E-state index < -0.39 is 0 Å². The van der Waals surface area contributed by atoms with Crippen molar-refractivity contribution < 1.29 is 18.9 Å². The number of hydrogen-bond acceptors (Lipinski definition) is 10. The summed E-state index contributed by atoms with van der Waals surface area (Å²) in [6.07, 6.45) is 11.3. The molecule has 182 valence electrons. The predicted octanol–water partition coefficient (Wildman–Crippen LogP) is 9.56. The standard InChI is InChI=1S/C26H18O4S6/c1-5-19(31-9-1)27-23-13-17(14-24(35-23)28-20-6-2-10-32-20)18-15-25(29-21-7-3-11-33-21)36-26(16-18)30-22-8-4-12-34-22/h1-3,5-11,13-16H,4,12H2. The maximum atomic E-state index is 6.24. The van der Waals surface area contributed by atoms with Crippen molar-refractivity contribution in [1.29, 1.82) is 0 Å². The van der Waals surface area contributed by atoms with Gasteiger partial charge in [-0.05, 0) is 124 Å². The number of ether oxygens (including phenoxy) is 4. The zero-order chi connectivity index (χ0) is 24.2. The van der Waals surface area contributed by atoms with Gasteiger partial charge >= 0.3 is 0 Å². The minimum Gasteiger partial charge on any atom is -0.444 e. The molecule has 0 saturated heterocycles. The van der Waals surface area contributed by atoms with Crippen molar-refractivity contribution >= 4 is 69.3 Å². The topological polar surface area (TPSA) is 36.9 Å². The number of rotatable bonds is 8. The molecule has 0 saturated carbocycles. The Bertz CT molecular complexity index is 1340. The van der Waals surface area contributed by atoms with Crippen molar-refractivity contribution in [1.82, 2.24) is 0 Å². The third-order valence-corrected chi connectivity index (χ3v) is 9.61. The van der Waals surface area contributed by atoms with Gasteiger partial charge in [0.05, 0.1) is 0 Å². The van der Waals surface area contributed by atoms with E-state index in [0.717, 1.165) is 64.0 Å². The number of thiophene rings is 3. The van der Waals surface area contributed by atoms with Crippen LogP contribution in [0.4, 0.5) is 0 Å². The molecule has 0 radical (unpaired) electrons. The molecule has 36 heavy (non-hydrogen) atoms. The van der Waals surface area contributed by atoms with Gasteiger partial charge in [0.1, 0.15) is 0 Å². The van der Waals surface area contributed by atoms with Gasteiger partial charge in [-0.25, -0.2) is 0 Å². The van der Waals surface area contributed by atoms with E-state index in [1.807, 2.05) is 70.8 Å². The molecule has 3 aliphatic rings. The summed E-state index contributed by atoms with van der Waals surface area (Å²) in [5.41, 5.74) is 1.91. The average molecular weight is 587 g/mol. The first-order valence-electron chi connectivity index (χ1n) is 10.9. The quantitative estimate of drug-likeness (QED) is 0.260. The van der Waals surface area contributed by atoms with Crippen LogP contribution in [0.2, 0.25) is 0 Å². The highest BCUT2D eigenvalue weighted by atomic mass is 32.2. The van der Waals surface area contributed by atoms with E-state index >= 15 is 0 Å². The Morgan fingerprint density at radius 2 is 0.972 bits per heavy atom. The third kappa shape index (κ3) is 6.19. The van der Waals surface area contributed by atoms with E-state index in [-0.39, 0.29) is 0 Å². The summed E-state index contributed by atoms with van der Waals surface area (Å²) in [5, 5.41) is 12.4. The van der Waals surface area contributed by atoms with Gasteiger partial charge in [0.15, 0.2) is 40.6 Å². The van der Waals surface area contributed by atoms with E-state index in [1.165, 1.54) is 23.5 Å². The normalized spacial score (nSPS) is 17.6. The second-order valence-corrected chi connectivity index (χ2v) is 13.2. The van der Waals surface area contributed by atoms with Gasteiger partial charge in [-0.1, -0.05) is 11.8 Å². The van der Waals surface area contributed by atoms with Crippen molar-refractivity contribution in [3.05, 3.63) is 120 Å². The molecule has 6 heterocycles. The highest BCUT2D eigenvalue weighted by Gasteiger charge is 2.22. The zero-order valence-electron chi connectivity index (χ0n) is 18.6. The molecule has 0 aromatic carbocycles. The lowest BCUT2D eigenvalue weighted by Gasteiger charge is -2.20. The Hall–Kier alpha value is -2.21. The monoisotopic (exact) mass is 586 g/mol. The maximum absolute atomic E-state index is 6.24. The Morgan fingerprint density at radius 1 is 0.528 bits per heavy atom. The Morgan fingerprint density at radius 3 is 1.33 bits per heavy atom. The van der Waals surface area contributed by atoms with Crippen LogP contribution < -0.4 is 14.2 Å². The Kier molecular flexibility index (Phi) is 7.68. The molecule has 0 fully saturated rings. The van der Waals surface area contributed by atoms with Crippen LogP contribution in [0.15, 0.2) is 120 Å². The second kappa shape index (κ2) is 11.5. The first-order chi connectivity index (χ1) is 17.8. The zero-order valence-corrected chi connectivity index (χ0v) is 23.5. The van der Waals surface area contributed by atoms with Crippen LogP contribution in [0.5, 0.6) is 15.2 Å². The highest BCUT2D eigenvalue weighted by molar-refractivity contribution is 8.06. The minimum atomic E-state index is 0.742. The molecule has 3 aliphatic heterocycles. The molecular formula is C26H18O4S6. The lowest BCUT2D eigenvalue weighted by atomic mass is 10.1. The molecule has 0 bridgehead atoms. The van der Waals surface area contributed by atoms with Gasteiger partial charge in [0.2, 0.25) is 0 Å². The largest absolute Gasteiger partial charge is 0.444 e. The number of allylic oxidation sites excluding steroid dienone is 7. The van der Waals surface area contributed by atoms with E-state index in [2.05, 4.69) is 12.2 Å². The highest BCUT2D eigenvalue weighted by Crippen LogP contribution is 2.43. The van der Waals surface area contributed by atoms with E-state index in [9.17, 15) is 0 Å². The van der Waals surface area contributed by atoms with Crippen LogP contribution in [-0.4, -0.2) is 5.75 Å². The summed E-state index contributed by atoms with van der Waals surface area (Å²) < 4.78 is 24.8. The molecule has 0 atom stereocenters. The Balaban J connectivity index is 1.37. The fraction of sp³-hybridized carbons (Fsp3) is 0.0769. The SMILES string of the molecule is C1=C(OC2=CC(=C3C=C(Oc4cccs4)SC(Oc4cccs4)=C3)C=C(Oc3cccs3)S2)SCC1. The first kappa shape index (κ1) is 24.1. The summed E-state index contributed by atoms with van der Waals surface area (Å²) in [6.45, 7) is 0. The molecule has 0 aliphatic carbocycles. The van der Waals surface area contributed by atoms with Crippen LogP contribution in [0, 0.1) is 0 Å². The van der Waals surface area contributed by atoms with E-state index in [0.29, 0.717) is 0 Å². The van der Waals surface area contributed by atoms with Crippen LogP contribution in [0.3, 0.4) is 0 Å². The van der Waals surface area contributed by atoms with Gasteiger partial charge < -0.3 is 18.9 Å². The van der Waals surface area contributed by atoms with Crippen LogP contribution in [-0.2, 0) is 4.74 Å². The van der Waals surface area contributed by atoms with Gasteiger partial charge in [0, 0.05) is 5.75 Å². The molecule has 3 aromatic rings. The molecule has 6 rings (SSSR count). The molecule has 3 aromatic heterocycles. The minimum absolute atomic E-state index is 0.742. The number of thioether (sulfide) groups is 3. The molecule has 4 nitrogen and oxygen atoms in total. The fourth-order valence-corrected chi connectivity index (χ4v) is 7.73.